The Balaban J connectivity index is 2.09. The molecule has 1 atom stereocenters. The van der Waals surface area contributed by atoms with Crippen molar-refractivity contribution in [3.8, 4) is 0 Å². The summed E-state index contributed by atoms with van der Waals surface area (Å²) in [6.45, 7) is 1.59. The fourth-order valence-corrected chi connectivity index (χ4v) is 2.08. The van der Waals surface area contributed by atoms with Crippen LogP contribution in [0.2, 0.25) is 0 Å². The van der Waals surface area contributed by atoms with Gasteiger partial charge in [-0.2, -0.15) is 0 Å². The van der Waals surface area contributed by atoms with Gasteiger partial charge in [-0.1, -0.05) is 19.1 Å². The molecule has 0 saturated heterocycles. The zero-order valence-corrected chi connectivity index (χ0v) is 12.8. The zero-order chi connectivity index (χ0) is 15.4. The van der Waals surface area contributed by atoms with Gasteiger partial charge in [0.1, 0.15) is 0 Å². The number of pyridine rings is 1. The van der Waals surface area contributed by atoms with Crippen molar-refractivity contribution in [2.24, 2.45) is 5.92 Å². The number of carboxylic acid groups (broad SMARTS) is 1. The van der Waals surface area contributed by atoms with Crippen LogP contribution >= 0.6 is 15.9 Å². The summed E-state index contributed by atoms with van der Waals surface area (Å²) in [6, 6.07) is 6.89. The Hall–Kier alpha value is -2.15. The van der Waals surface area contributed by atoms with Gasteiger partial charge in [-0.15, -0.1) is 0 Å². The van der Waals surface area contributed by atoms with Gasteiger partial charge < -0.3 is 15.7 Å². The lowest BCUT2D eigenvalue weighted by Gasteiger charge is -2.11. The molecule has 0 spiro atoms. The van der Waals surface area contributed by atoms with Gasteiger partial charge in [0.05, 0.1) is 17.1 Å². The van der Waals surface area contributed by atoms with E-state index in [4.69, 9.17) is 5.11 Å². The molecule has 1 heterocycles. The van der Waals surface area contributed by atoms with Crippen molar-refractivity contribution in [3.05, 3.63) is 34.9 Å². The molecule has 2 amide bonds. The summed E-state index contributed by atoms with van der Waals surface area (Å²) in [5.74, 6) is -1.59. The lowest BCUT2D eigenvalue weighted by atomic mass is 10.2. The molecule has 6 nitrogen and oxygen atoms in total. The van der Waals surface area contributed by atoms with E-state index in [9.17, 15) is 9.59 Å². The lowest BCUT2D eigenvalue weighted by molar-refractivity contribution is -0.140. The molecular formula is C14H14BrN3O3. The van der Waals surface area contributed by atoms with Crippen LogP contribution in [0.3, 0.4) is 0 Å². The van der Waals surface area contributed by atoms with Gasteiger partial charge >= 0.3 is 12.0 Å². The molecule has 21 heavy (non-hydrogen) atoms. The predicted octanol–water partition coefficient (Wildman–Crippen LogP) is 2.84. The number of benzene rings is 1. The average molecular weight is 352 g/mol. The van der Waals surface area contributed by atoms with Crippen molar-refractivity contribution < 1.29 is 14.7 Å². The van der Waals surface area contributed by atoms with E-state index < -0.39 is 17.9 Å². The van der Waals surface area contributed by atoms with Gasteiger partial charge in [0, 0.05) is 22.6 Å². The Bertz CT molecular complexity index is 690. The number of fused-ring (bicyclic) bond motifs is 1. The maximum Gasteiger partial charge on any atom is 0.319 e. The SMILES string of the molecule is CC(CNC(=O)Nc1cccc2cc(Br)cnc12)C(=O)O. The summed E-state index contributed by atoms with van der Waals surface area (Å²) in [5, 5.41) is 14.9. The molecule has 0 radical (unpaired) electrons. The first kappa shape index (κ1) is 15.2. The minimum Gasteiger partial charge on any atom is -0.481 e. The van der Waals surface area contributed by atoms with Crippen LogP contribution in [0.4, 0.5) is 10.5 Å². The molecule has 1 unspecified atom stereocenters. The van der Waals surface area contributed by atoms with Crippen LogP contribution in [0.1, 0.15) is 6.92 Å². The number of nitrogens with zero attached hydrogens (tertiary/aromatic N) is 1. The Labute approximate surface area is 129 Å². The standard InChI is InChI=1S/C14H14BrN3O3/c1-8(13(19)20)6-17-14(21)18-11-4-2-3-9-5-10(15)7-16-12(9)11/h2-5,7-8H,6H2,1H3,(H,19,20)(H2,17,18,21). The highest BCUT2D eigenvalue weighted by Gasteiger charge is 2.13. The number of halogens is 1. The largest absolute Gasteiger partial charge is 0.481 e. The van der Waals surface area contributed by atoms with Crippen molar-refractivity contribution in [2.75, 3.05) is 11.9 Å². The number of carbonyl (C=O) groups excluding carboxylic acids is 1. The van der Waals surface area contributed by atoms with E-state index in [1.165, 1.54) is 6.92 Å². The highest BCUT2D eigenvalue weighted by atomic mass is 79.9. The second kappa shape index (κ2) is 6.53. The van der Waals surface area contributed by atoms with E-state index in [2.05, 4.69) is 31.5 Å². The first-order valence-electron chi connectivity index (χ1n) is 6.29. The van der Waals surface area contributed by atoms with Crippen molar-refractivity contribution in [1.29, 1.82) is 0 Å². The summed E-state index contributed by atoms with van der Waals surface area (Å²) in [5.41, 5.74) is 1.24. The molecular weight excluding hydrogens is 338 g/mol. The summed E-state index contributed by atoms with van der Waals surface area (Å²) in [6.07, 6.45) is 1.65. The first-order valence-corrected chi connectivity index (χ1v) is 7.08. The Morgan fingerprint density at radius 2 is 2.19 bits per heavy atom. The van der Waals surface area contributed by atoms with Gasteiger partial charge in [0.2, 0.25) is 0 Å². The topological polar surface area (TPSA) is 91.3 Å². The van der Waals surface area contributed by atoms with E-state index in [1.54, 1.807) is 12.3 Å². The van der Waals surface area contributed by atoms with Crippen LogP contribution in [-0.4, -0.2) is 28.6 Å². The molecule has 7 heteroatoms. The fraction of sp³-hybridized carbons (Fsp3) is 0.214. The van der Waals surface area contributed by atoms with Crippen LogP contribution in [0, 0.1) is 5.92 Å². The molecule has 0 bridgehead atoms. The van der Waals surface area contributed by atoms with Crippen molar-refractivity contribution in [3.63, 3.8) is 0 Å². The second-order valence-corrected chi connectivity index (χ2v) is 5.52. The van der Waals surface area contributed by atoms with E-state index >= 15 is 0 Å². The number of para-hydroxylation sites is 1. The molecule has 0 fully saturated rings. The number of nitrogens with one attached hydrogen (secondary N) is 2. The molecule has 2 rings (SSSR count). The second-order valence-electron chi connectivity index (χ2n) is 4.61. The molecule has 0 saturated carbocycles. The number of amides is 2. The number of hydrogen-bond acceptors (Lipinski definition) is 3. The highest BCUT2D eigenvalue weighted by molar-refractivity contribution is 9.10. The molecule has 110 valence electrons. The van der Waals surface area contributed by atoms with Crippen LogP contribution in [-0.2, 0) is 4.79 Å². The quantitative estimate of drug-likeness (QED) is 0.789. The molecule has 0 aliphatic rings. The third-order valence-electron chi connectivity index (χ3n) is 2.92. The van der Waals surface area contributed by atoms with Gasteiger partial charge in [-0.05, 0) is 28.1 Å². The zero-order valence-electron chi connectivity index (χ0n) is 11.3. The van der Waals surface area contributed by atoms with Gasteiger partial charge in [0.15, 0.2) is 0 Å². The third-order valence-corrected chi connectivity index (χ3v) is 3.35. The molecule has 2 aromatic rings. The summed E-state index contributed by atoms with van der Waals surface area (Å²) in [7, 11) is 0. The number of carboxylic acids is 1. The minimum absolute atomic E-state index is 0.0604. The highest BCUT2D eigenvalue weighted by Crippen LogP contribution is 2.23. The maximum atomic E-state index is 11.8. The van der Waals surface area contributed by atoms with Crippen LogP contribution < -0.4 is 10.6 Å². The Morgan fingerprint density at radius 3 is 2.90 bits per heavy atom. The summed E-state index contributed by atoms with van der Waals surface area (Å²) in [4.78, 5) is 26.8. The molecule has 1 aromatic heterocycles. The predicted molar refractivity (Wildman–Crippen MR) is 83.3 cm³/mol. The molecule has 1 aromatic carbocycles. The van der Waals surface area contributed by atoms with E-state index in [0.29, 0.717) is 11.2 Å². The average Bonchev–Trinajstić information content (AvgIpc) is 2.44. The number of hydrogen-bond donors (Lipinski definition) is 3. The van der Waals surface area contributed by atoms with Gasteiger partial charge in [0.25, 0.3) is 0 Å². The molecule has 3 N–H and O–H groups in total. The fourth-order valence-electron chi connectivity index (χ4n) is 1.73. The van der Waals surface area contributed by atoms with Crippen molar-refractivity contribution in [1.82, 2.24) is 10.3 Å². The maximum absolute atomic E-state index is 11.8. The first-order chi connectivity index (χ1) is 9.97. The lowest BCUT2D eigenvalue weighted by Crippen LogP contribution is -2.34. The number of anilines is 1. The smallest absolute Gasteiger partial charge is 0.319 e. The number of carbonyl (C=O) groups is 2. The number of urea groups is 1. The van der Waals surface area contributed by atoms with Crippen LogP contribution in [0.25, 0.3) is 10.9 Å². The summed E-state index contributed by atoms with van der Waals surface area (Å²) < 4.78 is 0.854. The molecule has 0 aliphatic carbocycles. The molecule has 0 aliphatic heterocycles. The number of aliphatic carboxylic acids is 1. The van der Waals surface area contributed by atoms with Crippen LogP contribution in [0.15, 0.2) is 34.9 Å². The number of rotatable bonds is 4. The normalized spacial score (nSPS) is 11.9. The monoisotopic (exact) mass is 351 g/mol. The van der Waals surface area contributed by atoms with Gasteiger partial charge in [-0.3, -0.25) is 9.78 Å². The summed E-state index contributed by atoms with van der Waals surface area (Å²) >= 11 is 3.34. The van der Waals surface area contributed by atoms with E-state index in [1.807, 2.05) is 18.2 Å². The Morgan fingerprint density at radius 1 is 1.43 bits per heavy atom. The van der Waals surface area contributed by atoms with E-state index in [-0.39, 0.29) is 6.54 Å². The van der Waals surface area contributed by atoms with Gasteiger partial charge in [-0.25, -0.2) is 4.79 Å². The minimum atomic E-state index is -0.952. The van der Waals surface area contributed by atoms with Crippen molar-refractivity contribution >= 4 is 44.5 Å². The van der Waals surface area contributed by atoms with E-state index in [0.717, 1.165) is 9.86 Å². The van der Waals surface area contributed by atoms with Crippen molar-refractivity contribution in [2.45, 2.75) is 6.92 Å². The Kier molecular flexibility index (Phi) is 4.74. The number of aromatic nitrogens is 1. The van der Waals surface area contributed by atoms with Crippen LogP contribution in [0.5, 0.6) is 0 Å². The third kappa shape index (κ3) is 3.91.